The maximum atomic E-state index is 12.6. The second kappa shape index (κ2) is 38.2. The zero-order chi connectivity index (χ0) is 41.4. The Hall–Kier alpha value is -2.29. The minimum atomic E-state index is -4.64. The SMILES string of the molecule is CCCCC/C=C\C/C=C\C/C=C\C/C=C\C/C=C\CCC(=O)O[C@H](COC(=O)CCCCCCCCCCCCCCC)COP(=O)([O-])OCC[N+](C)(C)C. The Labute approximate surface area is 343 Å². The molecule has 0 aromatic carbocycles. The summed E-state index contributed by atoms with van der Waals surface area (Å²) in [4.78, 5) is 37.5. The monoisotopic (exact) mass is 808 g/mol. The number of quaternary nitrogens is 1. The number of ether oxygens (including phenoxy) is 2. The van der Waals surface area contributed by atoms with E-state index in [1.165, 1.54) is 89.9 Å². The highest BCUT2D eigenvalue weighted by atomic mass is 31.2. The molecule has 324 valence electrons. The molecule has 0 aliphatic rings. The number of carbonyl (C=O) groups is 2. The molecule has 0 aliphatic carbocycles. The van der Waals surface area contributed by atoms with Crippen LogP contribution in [0, 0.1) is 0 Å². The molecule has 0 bridgehead atoms. The highest BCUT2D eigenvalue weighted by Crippen LogP contribution is 2.38. The lowest BCUT2D eigenvalue weighted by molar-refractivity contribution is -0.870. The molecule has 0 rings (SSSR count). The normalized spacial score (nSPS) is 14.2. The van der Waals surface area contributed by atoms with E-state index in [9.17, 15) is 19.0 Å². The van der Waals surface area contributed by atoms with Gasteiger partial charge in [-0.1, -0.05) is 164 Å². The number of hydrogen-bond donors (Lipinski definition) is 0. The van der Waals surface area contributed by atoms with Gasteiger partial charge in [0.2, 0.25) is 0 Å². The summed E-state index contributed by atoms with van der Waals surface area (Å²) in [6.45, 7) is 4.10. The third-order valence-electron chi connectivity index (χ3n) is 9.05. The van der Waals surface area contributed by atoms with Crippen LogP contribution in [0.25, 0.3) is 0 Å². The molecule has 0 N–H and O–H groups in total. The molecular weight excluding hydrogens is 725 g/mol. The van der Waals surface area contributed by atoms with Crippen molar-refractivity contribution < 1.29 is 42.1 Å². The number of carbonyl (C=O) groups excluding carboxylic acids is 2. The third kappa shape index (κ3) is 41.3. The van der Waals surface area contributed by atoms with Crippen LogP contribution in [-0.4, -0.2) is 70.0 Å². The van der Waals surface area contributed by atoms with Gasteiger partial charge in [0.25, 0.3) is 7.82 Å². The molecule has 0 heterocycles. The second-order valence-corrected chi connectivity index (χ2v) is 17.1. The molecule has 9 nitrogen and oxygen atoms in total. The lowest BCUT2D eigenvalue weighted by Crippen LogP contribution is -2.37. The van der Waals surface area contributed by atoms with Crippen LogP contribution in [0.15, 0.2) is 60.8 Å². The quantitative estimate of drug-likeness (QED) is 0.0198. The van der Waals surface area contributed by atoms with E-state index in [4.69, 9.17) is 18.5 Å². The highest BCUT2D eigenvalue weighted by molar-refractivity contribution is 7.45. The Morgan fingerprint density at radius 2 is 1.00 bits per heavy atom. The van der Waals surface area contributed by atoms with E-state index in [-0.39, 0.29) is 26.1 Å². The summed E-state index contributed by atoms with van der Waals surface area (Å²) in [5.74, 6) is -0.932. The third-order valence-corrected chi connectivity index (χ3v) is 10.0. The van der Waals surface area contributed by atoms with Crippen molar-refractivity contribution in [1.82, 2.24) is 0 Å². The van der Waals surface area contributed by atoms with Crippen molar-refractivity contribution in [2.75, 3.05) is 47.5 Å². The summed E-state index contributed by atoms with van der Waals surface area (Å²) in [7, 11) is 1.12. The van der Waals surface area contributed by atoms with Gasteiger partial charge in [-0.25, -0.2) is 0 Å². The Balaban J connectivity index is 4.50. The summed E-state index contributed by atoms with van der Waals surface area (Å²) in [5, 5.41) is 0. The molecule has 0 aromatic heterocycles. The van der Waals surface area contributed by atoms with Crippen LogP contribution in [0.2, 0.25) is 0 Å². The van der Waals surface area contributed by atoms with E-state index >= 15 is 0 Å². The zero-order valence-electron chi connectivity index (χ0n) is 36.3. The molecule has 2 atom stereocenters. The van der Waals surface area contributed by atoms with Crippen LogP contribution in [-0.2, 0) is 32.7 Å². The smallest absolute Gasteiger partial charge is 0.306 e. The number of hydrogen-bond acceptors (Lipinski definition) is 8. The van der Waals surface area contributed by atoms with Crippen LogP contribution in [0.5, 0.6) is 0 Å². The minimum Gasteiger partial charge on any atom is -0.756 e. The first-order valence-corrected chi connectivity index (χ1v) is 23.5. The average Bonchev–Trinajstić information content (AvgIpc) is 3.15. The summed E-state index contributed by atoms with van der Waals surface area (Å²) in [6.07, 6.45) is 45.5. The average molecular weight is 808 g/mol. The van der Waals surface area contributed by atoms with Gasteiger partial charge in [0.15, 0.2) is 6.10 Å². The fraction of sp³-hybridized carbons (Fsp3) is 0.739. The number of likely N-dealkylation sites (N-methyl/N-ethyl adjacent to an activating group) is 1. The molecule has 10 heteroatoms. The van der Waals surface area contributed by atoms with E-state index in [0.29, 0.717) is 17.4 Å². The van der Waals surface area contributed by atoms with Gasteiger partial charge < -0.3 is 27.9 Å². The van der Waals surface area contributed by atoms with Crippen molar-refractivity contribution >= 4 is 19.8 Å². The van der Waals surface area contributed by atoms with E-state index in [1.807, 2.05) is 33.3 Å². The molecule has 0 saturated carbocycles. The Kier molecular flexibility index (Phi) is 36.7. The van der Waals surface area contributed by atoms with Gasteiger partial charge in [-0.05, 0) is 51.4 Å². The first-order valence-electron chi connectivity index (χ1n) is 22.0. The first-order chi connectivity index (χ1) is 27.0. The van der Waals surface area contributed by atoms with Crippen molar-refractivity contribution in [2.45, 2.75) is 174 Å². The summed E-state index contributed by atoms with van der Waals surface area (Å²) < 4.78 is 33.8. The maximum Gasteiger partial charge on any atom is 0.306 e. The highest BCUT2D eigenvalue weighted by Gasteiger charge is 2.21. The topological polar surface area (TPSA) is 111 Å². The van der Waals surface area contributed by atoms with Gasteiger partial charge in [0, 0.05) is 12.8 Å². The summed E-state index contributed by atoms with van der Waals surface area (Å²) in [6, 6.07) is 0. The Bertz CT molecular complexity index is 1140. The van der Waals surface area contributed by atoms with Crippen LogP contribution < -0.4 is 4.89 Å². The minimum absolute atomic E-state index is 0.0454. The van der Waals surface area contributed by atoms with Crippen LogP contribution in [0.4, 0.5) is 0 Å². The zero-order valence-corrected chi connectivity index (χ0v) is 37.2. The van der Waals surface area contributed by atoms with Crippen LogP contribution >= 0.6 is 7.82 Å². The molecule has 56 heavy (non-hydrogen) atoms. The predicted molar refractivity (Wildman–Crippen MR) is 231 cm³/mol. The van der Waals surface area contributed by atoms with Gasteiger partial charge in [0.05, 0.1) is 27.7 Å². The standard InChI is InChI=1S/C46H82NO8P/c1-6-8-10-12-14-16-18-20-21-22-23-24-25-27-29-31-33-35-37-39-46(49)55-44(43-54-56(50,51)53-41-40-47(3,4)5)42-52-45(48)38-36-34-32-30-28-26-19-17-15-13-11-9-7-2/h14,16,20-21,23-24,27,29,33,35,44H,6-13,15,17-19,22,25-26,28,30-32,34,36-43H2,1-5H3/b16-14-,21-20-,24-23-,29-27-,35-33-/t44-/m1/s1. The molecule has 0 amide bonds. The van der Waals surface area contributed by atoms with Crippen molar-refractivity contribution in [2.24, 2.45) is 0 Å². The van der Waals surface area contributed by atoms with Crippen molar-refractivity contribution in [3.05, 3.63) is 60.8 Å². The fourth-order valence-corrected chi connectivity index (χ4v) is 6.31. The van der Waals surface area contributed by atoms with Crippen molar-refractivity contribution in [3.63, 3.8) is 0 Å². The van der Waals surface area contributed by atoms with Gasteiger partial charge in [-0.15, -0.1) is 0 Å². The number of unbranched alkanes of at least 4 members (excludes halogenated alkanes) is 15. The Morgan fingerprint density at radius 3 is 1.50 bits per heavy atom. The molecule has 0 fully saturated rings. The molecular formula is C46H82NO8P. The largest absolute Gasteiger partial charge is 0.756 e. The van der Waals surface area contributed by atoms with Gasteiger partial charge in [-0.3, -0.25) is 14.2 Å². The maximum absolute atomic E-state index is 12.6. The van der Waals surface area contributed by atoms with E-state index in [0.717, 1.165) is 44.9 Å². The molecule has 1 unspecified atom stereocenters. The Morgan fingerprint density at radius 1 is 0.554 bits per heavy atom. The molecule has 0 saturated heterocycles. The van der Waals surface area contributed by atoms with E-state index in [1.54, 1.807) is 0 Å². The van der Waals surface area contributed by atoms with Crippen molar-refractivity contribution in [3.8, 4) is 0 Å². The van der Waals surface area contributed by atoms with Crippen LogP contribution in [0.3, 0.4) is 0 Å². The number of rotatable bonds is 39. The van der Waals surface area contributed by atoms with E-state index in [2.05, 4.69) is 62.5 Å². The summed E-state index contributed by atoms with van der Waals surface area (Å²) in [5.41, 5.74) is 0. The molecule has 0 spiro atoms. The predicted octanol–water partition coefficient (Wildman–Crippen LogP) is 11.8. The number of esters is 2. The lowest BCUT2D eigenvalue weighted by Gasteiger charge is -2.28. The molecule has 0 radical (unpaired) electrons. The van der Waals surface area contributed by atoms with Crippen molar-refractivity contribution in [1.29, 1.82) is 0 Å². The molecule has 0 aliphatic heterocycles. The lowest BCUT2D eigenvalue weighted by atomic mass is 10.0. The van der Waals surface area contributed by atoms with Crippen LogP contribution in [0.1, 0.15) is 168 Å². The first kappa shape index (κ1) is 53.7. The second-order valence-electron chi connectivity index (χ2n) is 15.7. The summed E-state index contributed by atoms with van der Waals surface area (Å²) >= 11 is 0. The molecule has 0 aromatic rings. The van der Waals surface area contributed by atoms with Gasteiger partial charge in [-0.2, -0.15) is 0 Å². The fourth-order valence-electron chi connectivity index (χ4n) is 5.58. The number of phosphoric ester groups is 1. The number of allylic oxidation sites excluding steroid dienone is 10. The number of nitrogens with zero attached hydrogens (tertiary/aromatic N) is 1. The van der Waals surface area contributed by atoms with E-state index < -0.39 is 32.5 Å². The van der Waals surface area contributed by atoms with Gasteiger partial charge >= 0.3 is 11.9 Å². The number of phosphoric acid groups is 1. The van der Waals surface area contributed by atoms with Gasteiger partial charge in [0.1, 0.15) is 19.8 Å².